The minimum atomic E-state index is 1.00. The van der Waals surface area contributed by atoms with Gasteiger partial charge in [-0.05, 0) is 46.0 Å². The van der Waals surface area contributed by atoms with Crippen LogP contribution in [-0.2, 0) is 0 Å². The van der Waals surface area contributed by atoms with E-state index in [4.69, 9.17) is 4.98 Å². The summed E-state index contributed by atoms with van der Waals surface area (Å²) in [5.74, 6) is 0. The molecule has 0 unspecified atom stereocenters. The molecule has 2 heterocycles. The molecule has 2 heteroatoms. The summed E-state index contributed by atoms with van der Waals surface area (Å²) in [5, 5.41) is 1.34. The van der Waals surface area contributed by atoms with Gasteiger partial charge in [0.2, 0.25) is 0 Å². The van der Waals surface area contributed by atoms with E-state index in [0.29, 0.717) is 0 Å². The number of fused-ring (bicyclic) bond motifs is 5. The molecule has 0 atom stereocenters. The Morgan fingerprint density at radius 2 is 1.03 bits per heavy atom. The molecule has 0 saturated carbocycles. The Morgan fingerprint density at radius 3 is 1.82 bits per heavy atom. The van der Waals surface area contributed by atoms with Crippen molar-refractivity contribution >= 4 is 21.4 Å². The molecule has 0 radical (unpaired) electrons. The second-order valence-electron chi connectivity index (χ2n) is 8.35. The van der Waals surface area contributed by atoms with Crippen LogP contribution in [0.15, 0.2) is 115 Å². The normalized spacial score (nSPS) is 11.6. The molecular weight excluding hydrogens is 418 g/mol. The van der Waals surface area contributed by atoms with Gasteiger partial charge in [-0.2, -0.15) is 0 Å². The fourth-order valence-electron chi connectivity index (χ4n) is 5.03. The molecule has 0 bridgehead atoms. The van der Waals surface area contributed by atoms with Crippen LogP contribution < -0.4 is 0 Å². The lowest BCUT2D eigenvalue weighted by Crippen LogP contribution is -1.89. The highest BCUT2D eigenvalue weighted by molar-refractivity contribution is 7.23. The number of aromatic nitrogens is 1. The first-order chi connectivity index (χ1) is 16.4. The van der Waals surface area contributed by atoms with Gasteiger partial charge >= 0.3 is 0 Å². The molecule has 0 saturated heterocycles. The van der Waals surface area contributed by atoms with Crippen molar-refractivity contribution in [2.45, 2.75) is 0 Å². The number of pyridine rings is 1. The zero-order valence-corrected chi connectivity index (χ0v) is 18.6. The smallest absolute Gasteiger partial charge is 0.0816 e. The van der Waals surface area contributed by atoms with Gasteiger partial charge in [0.1, 0.15) is 0 Å². The van der Waals surface area contributed by atoms with Crippen molar-refractivity contribution in [1.82, 2.24) is 4.98 Å². The summed E-state index contributed by atoms with van der Waals surface area (Å²) in [6.07, 6.45) is 0. The topological polar surface area (TPSA) is 12.9 Å². The second-order valence-corrected chi connectivity index (χ2v) is 9.40. The molecule has 7 rings (SSSR count). The molecule has 4 aromatic carbocycles. The molecule has 0 N–H and O–H groups in total. The highest BCUT2D eigenvalue weighted by Crippen LogP contribution is 2.53. The average molecular weight is 438 g/mol. The molecule has 0 spiro atoms. The van der Waals surface area contributed by atoms with E-state index in [1.54, 1.807) is 0 Å². The third-order valence-electron chi connectivity index (χ3n) is 6.47. The lowest BCUT2D eigenvalue weighted by Gasteiger charge is -2.11. The predicted octanol–water partition coefficient (Wildman–Crippen LogP) is 8.94. The molecule has 1 nitrogen and oxygen atoms in total. The van der Waals surface area contributed by atoms with Crippen LogP contribution in [0.5, 0.6) is 0 Å². The molecule has 6 aromatic rings. The Kier molecular flexibility index (Phi) is 4.08. The minimum Gasteiger partial charge on any atom is -0.247 e. The van der Waals surface area contributed by atoms with Crippen molar-refractivity contribution in [3.05, 3.63) is 115 Å². The van der Waals surface area contributed by atoms with E-state index in [1.807, 2.05) is 17.4 Å². The van der Waals surface area contributed by atoms with Gasteiger partial charge in [-0.3, -0.25) is 0 Å². The van der Waals surface area contributed by atoms with E-state index in [2.05, 4.69) is 109 Å². The van der Waals surface area contributed by atoms with E-state index in [-0.39, 0.29) is 0 Å². The number of hydrogen-bond donors (Lipinski definition) is 0. The molecule has 0 amide bonds. The summed E-state index contributed by atoms with van der Waals surface area (Å²) >= 11 is 1.84. The van der Waals surface area contributed by atoms with Crippen LogP contribution in [0.3, 0.4) is 0 Å². The monoisotopic (exact) mass is 437 g/mol. The average Bonchev–Trinajstić information content (AvgIpc) is 3.23. The quantitative estimate of drug-likeness (QED) is 0.263. The van der Waals surface area contributed by atoms with Crippen molar-refractivity contribution in [2.24, 2.45) is 0 Å². The predicted molar refractivity (Wildman–Crippen MR) is 140 cm³/mol. The zero-order chi connectivity index (χ0) is 21.8. The van der Waals surface area contributed by atoms with Gasteiger partial charge in [0.15, 0.2) is 0 Å². The summed E-state index contributed by atoms with van der Waals surface area (Å²) in [6.45, 7) is 0. The van der Waals surface area contributed by atoms with Crippen LogP contribution in [0.1, 0.15) is 0 Å². The number of rotatable bonds is 2. The lowest BCUT2D eigenvalue weighted by molar-refractivity contribution is 1.34. The van der Waals surface area contributed by atoms with Gasteiger partial charge in [0, 0.05) is 21.2 Å². The van der Waals surface area contributed by atoms with Gasteiger partial charge in [0.05, 0.1) is 16.3 Å². The molecule has 1 aliphatic carbocycles. The first-order valence-electron chi connectivity index (χ1n) is 11.2. The van der Waals surface area contributed by atoms with E-state index < -0.39 is 0 Å². The number of thiophene rings is 1. The van der Waals surface area contributed by atoms with Crippen LogP contribution >= 0.6 is 11.3 Å². The van der Waals surface area contributed by atoms with Crippen LogP contribution in [0, 0.1) is 0 Å². The maximum absolute atomic E-state index is 5.13. The third kappa shape index (κ3) is 2.81. The summed E-state index contributed by atoms with van der Waals surface area (Å²) in [5.41, 5.74) is 10.9. The zero-order valence-electron chi connectivity index (χ0n) is 17.8. The summed E-state index contributed by atoms with van der Waals surface area (Å²) in [6, 6.07) is 41.1. The van der Waals surface area contributed by atoms with E-state index >= 15 is 0 Å². The van der Waals surface area contributed by atoms with Crippen molar-refractivity contribution in [3.63, 3.8) is 0 Å². The highest BCUT2D eigenvalue weighted by Gasteiger charge is 2.26. The fourth-order valence-corrected chi connectivity index (χ4v) is 6.24. The molecule has 154 valence electrons. The van der Waals surface area contributed by atoms with Crippen LogP contribution in [-0.4, -0.2) is 4.98 Å². The summed E-state index contributed by atoms with van der Waals surface area (Å²) in [7, 11) is 0. The number of nitrogens with zero attached hydrogens (tertiary/aromatic N) is 1. The van der Waals surface area contributed by atoms with Crippen LogP contribution in [0.4, 0.5) is 0 Å². The Balaban J connectivity index is 1.58. The Morgan fingerprint density at radius 1 is 0.455 bits per heavy atom. The van der Waals surface area contributed by atoms with Crippen molar-refractivity contribution < 1.29 is 0 Å². The van der Waals surface area contributed by atoms with Gasteiger partial charge in [-0.15, -0.1) is 11.3 Å². The highest BCUT2D eigenvalue weighted by atomic mass is 32.1. The largest absolute Gasteiger partial charge is 0.247 e. The Labute approximate surface area is 196 Å². The van der Waals surface area contributed by atoms with Gasteiger partial charge in [-0.25, -0.2) is 4.98 Å². The van der Waals surface area contributed by atoms with Gasteiger partial charge in [-0.1, -0.05) is 97.1 Å². The first kappa shape index (κ1) is 18.6. The van der Waals surface area contributed by atoms with Crippen molar-refractivity contribution in [2.75, 3.05) is 0 Å². The number of hydrogen-bond acceptors (Lipinski definition) is 2. The third-order valence-corrected chi connectivity index (χ3v) is 7.65. The molecule has 0 aliphatic heterocycles. The molecular formula is C31H19NS. The van der Waals surface area contributed by atoms with Crippen LogP contribution in [0.25, 0.3) is 65.3 Å². The van der Waals surface area contributed by atoms with Crippen LogP contribution in [0.2, 0.25) is 0 Å². The first-order valence-corrected chi connectivity index (χ1v) is 12.0. The number of benzene rings is 4. The van der Waals surface area contributed by atoms with E-state index in [9.17, 15) is 0 Å². The second kappa shape index (κ2) is 7.26. The molecule has 0 fully saturated rings. The molecule has 2 aromatic heterocycles. The summed E-state index contributed by atoms with van der Waals surface area (Å²) < 4.78 is 1.30. The van der Waals surface area contributed by atoms with Crippen molar-refractivity contribution in [3.8, 4) is 55.2 Å². The van der Waals surface area contributed by atoms with Gasteiger partial charge < -0.3 is 0 Å². The fraction of sp³-hybridized carbons (Fsp3) is 0. The Bertz CT molecular complexity index is 1660. The molecule has 1 aliphatic rings. The Hall–Kier alpha value is -4.01. The van der Waals surface area contributed by atoms with E-state index in [0.717, 1.165) is 17.0 Å². The van der Waals surface area contributed by atoms with E-state index in [1.165, 1.54) is 48.3 Å². The minimum absolute atomic E-state index is 1.00. The summed E-state index contributed by atoms with van der Waals surface area (Å²) in [4.78, 5) is 6.37. The van der Waals surface area contributed by atoms with Crippen molar-refractivity contribution in [1.29, 1.82) is 0 Å². The maximum atomic E-state index is 5.13. The SMILES string of the molecule is c1ccc(-c2cccc(-c3sc4cccc5c4c3-c3ccccc3-c3ccccc3-5)n2)cc1. The molecule has 33 heavy (non-hydrogen) atoms. The van der Waals surface area contributed by atoms with Gasteiger partial charge in [0.25, 0.3) is 0 Å². The standard InChI is InChI=1S/C31H19NS/c1-2-10-20(11-3-1)26-17-9-18-27(32-26)31-30-25-15-7-6-14-23(25)21-12-4-5-13-22(21)24-16-8-19-28(33-31)29(24)30/h1-19H. The lowest BCUT2D eigenvalue weighted by atomic mass is 9.94. The maximum Gasteiger partial charge on any atom is 0.0816 e.